The van der Waals surface area contributed by atoms with Gasteiger partial charge in [0.1, 0.15) is 5.41 Å². The summed E-state index contributed by atoms with van der Waals surface area (Å²) in [7, 11) is 0. The average molecular weight is 394 g/mol. The van der Waals surface area contributed by atoms with Crippen LogP contribution in [0.2, 0.25) is 0 Å². The van der Waals surface area contributed by atoms with Crippen LogP contribution in [0.1, 0.15) is 37.6 Å². The number of aromatic nitrogens is 2. The monoisotopic (exact) mass is 394 g/mol. The molecule has 1 saturated carbocycles. The Kier molecular flexibility index (Phi) is 5.38. The summed E-state index contributed by atoms with van der Waals surface area (Å²) in [6.45, 7) is 2.34. The van der Waals surface area contributed by atoms with Gasteiger partial charge in [0.05, 0.1) is 19.2 Å². The summed E-state index contributed by atoms with van der Waals surface area (Å²) >= 11 is 0. The van der Waals surface area contributed by atoms with Crippen molar-refractivity contribution in [3.8, 4) is 17.5 Å². The van der Waals surface area contributed by atoms with Gasteiger partial charge in [0.2, 0.25) is 5.82 Å². The van der Waals surface area contributed by atoms with Crippen LogP contribution in [-0.2, 0) is 22.4 Å². The molecule has 1 aromatic carbocycles. The smallest absolute Gasteiger partial charge is 0.329 e. The van der Waals surface area contributed by atoms with Gasteiger partial charge in [0.15, 0.2) is 0 Å². The van der Waals surface area contributed by atoms with Crippen LogP contribution in [0.15, 0.2) is 28.8 Å². The third-order valence-electron chi connectivity index (χ3n) is 4.26. The molecule has 7 nitrogen and oxygen atoms in total. The van der Waals surface area contributed by atoms with Crippen LogP contribution in [0.4, 0.5) is 13.2 Å². The van der Waals surface area contributed by atoms with Crippen molar-refractivity contribution in [1.29, 1.82) is 5.26 Å². The highest BCUT2D eigenvalue weighted by Crippen LogP contribution is 2.46. The molecular weight excluding hydrogens is 377 g/mol. The lowest BCUT2D eigenvalue weighted by molar-refractivity contribution is -0.194. The van der Waals surface area contributed by atoms with Gasteiger partial charge in [0, 0.05) is 5.56 Å². The van der Waals surface area contributed by atoms with Crippen LogP contribution in [0.3, 0.4) is 0 Å². The number of halogens is 3. The number of nitriles is 1. The summed E-state index contributed by atoms with van der Waals surface area (Å²) in [5, 5.41) is 13.8. The molecule has 28 heavy (non-hydrogen) atoms. The van der Waals surface area contributed by atoms with E-state index in [4.69, 9.17) is 4.84 Å². The highest BCUT2D eigenvalue weighted by Gasteiger charge is 2.53. The first kappa shape index (κ1) is 19.8. The van der Waals surface area contributed by atoms with E-state index >= 15 is 0 Å². The van der Waals surface area contributed by atoms with Crippen molar-refractivity contribution in [2.45, 2.75) is 38.9 Å². The Labute approximate surface area is 158 Å². The van der Waals surface area contributed by atoms with Gasteiger partial charge >= 0.3 is 12.1 Å². The number of carbonyl (C=O) groups is 1. The molecule has 1 aliphatic rings. The molecule has 1 heterocycles. The Bertz CT molecular complexity index is 883. The minimum atomic E-state index is -4.71. The normalized spacial score (nSPS) is 15.1. The molecule has 0 bridgehead atoms. The average Bonchev–Trinajstić information content (AvgIpc) is 3.31. The van der Waals surface area contributed by atoms with Crippen molar-refractivity contribution in [2.75, 3.05) is 6.61 Å². The maximum atomic E-state index is 12.6. The van der Waals surface area contributed by atoms with Gasteiger partial charge in [-0.1, -0.05) is 36.3 Å². The fraction of sp³-hybridized carbons (Fsp3) is 0.444. The molecule has 0 radical (unpaired) electrons. The van der Waals surface area contributed by atoms with Crippen molar-refractivity contribution >= 4 is 5.91 Å². The van der Waals surface area contributed by atoms with E-state index in [2.05, 4.69) is 14.7 Å². The van der Waals surface area contributed by atoms with E-state index in [1.54, 1.807) is 12.1 Å². The molecular formula is C18H17F3N4O3. The lowest BCUT2D eigenvalue weighted by Crippen LogP contribution is -2.36. The number of carbonyl (C=O) groups excluding carboxylic acids is 1. The number of amides is 1. The Morgan fingerprint density at radius 3 is 2.54 bits per heavy atom. The molecule has 1 fully saturated rings. The van der Waals surface area contributed by atoms with E-state index in [-0.39, 0.29) is 18.3 Å². The first-order chi connectivity index (χ1) is 13.3. The second-order valence-corrected chi connectivity index (χ2v) is 6.49. The molecule has 0 atom stereocenters. The van der Waals surface area contributed by atoms with Crippen molar-refractivity contribution in [1.82, 2.24) is 15.2 Å². The van der Waals surface area contributed by atoms with Crippen LogP contribution >= 0.6 is 0 Å². The lowest BCUT2D eigenvalue weighted by atomic mass is 10.1. The number of nitrogens with zero attached hydrogens (tertiary/aromatic N) is 4. The molecule has 148 valence electrons. The summed E-state index contributed by atoms with van der Waals surface area (Å²) in [4.78, 5) is 21.4. The first-order valence-corrected chi connectivity index (χ1v) is 8.65. The van der Waals surface area contributed by atoms with Gasteiger partial charge in [-0.25, -0.2) is 5.06 Å². The maximum Gasteiger partial charge on any atom is 0.471 e. The first-order valence-electron chi connectivity index (χ1n) is 8.65. The number of benzene rings is 1. The largest absolute Gasteiger partial charge is 0.471 e. The predicted octanol–water partition coefficient (Wildman–Crippen LogP) is 3.73. The van der Waals surface area contributed by atoms with Gasteiger partial charge in [-0.3, -0.25) is 9.63 Å². The summed E-state index contributed by atoms with van der Waals surface area (Å²) in [5.74, 6) is -1.97. The SMILES string of the molecule is CCCON(Cc1ccc(-c2noc(C(F)(F)F)n2)cc1)C(=O)C1(C#N)CC1. The fourth-order valence-corrected chi connectivity index (χ4v) is 2.50. The summed E-state index contributed by atoms with van der Waals surface area (Å²) in [6, 6.07) is 8.36. The van der Waals surface area contributed by atoms with Crippen LogP contribution in [0.25, 0.3) is 11.4 Å². The molecule has 1 amide bonds. The molecule has 0 saturated heterocycles. The third kappa shape index (κ3) is 4.14. The lowest BCUT2D eigenvalue weighted by Gasteiger charge is -2.23. The van der Waals surface area contributed by atoms with E-state index in [9.17, 15) is 23.2 Å². The van der Waals surface area contributed by atoms with E-state index in [1.165, 1.54) is 17.2 Å². The van der Waals surface area contributed by atoms with E-state index in [0.717, 1.165) is 0 Å². The van der Waals surface area contributed by atoms with Gasteiger partial charge < -0.3 is 4.52 Å². The molecule has 0 unspecified atom stereocenters. The summed E-state index contributed by atoms with van der Waals surface area (Å²) < 4.78 is 41.9. The Balaban J connectivity index is 1.73. The standard InChI is InChI=1S/C18H17F3N4O3/c1-2-9-27-25(16(26)17(11-22)7-8-17)10-12-3-5-13(6-4-12)14-23-15(28-24-14)18(19,20)21/h3-6H,2,7-10H2,1H3. The fourth-order valence-electron chi connectivity index (χ4n) is 2.50. The quantitative estimate of drug-likeness (QED) is 0.665. The van der Waals surface area contributed by atoms with Crippen LogP contribution in [0.5, 0.6) is 0 Å². The van der Waals surface area contributed by atoms with Gasteiger partial charge in [-0.15, -0.1) is 0 Å². The zero-order chi connectivity index (χ0) is 20.4. The van der Waals surface area contributed by atoms with Gasteiger partial charge in [-0.2, -0.15) is 23.4 Å². The minimum Gasteiger partial charge on any atom is -0.329 e. The van der Waals surface area contributed by atoms with Gasteiger partial charge in [-0.05, 0) is 24.8 Å². The highest BCUT2D eigenvalue weighted by molar-refractivity contribution is 5.87. The number of alkyl halides is 3. The Hall–Kier alpha value is -2.93. The number of hydrogen-bond donors (Lipinski definition) is 0. The van der Waals surface area contributed by atoms with Crippen molar-refractivity contribution in [2.24, 2.45) is 5.41 Å². The maximum absolute atomic E-state index is 12.6. The topological polar surface area (TPSA) is 92.2 Å². The van der Waals surface area contributed by atoms with Crippen LogP contribution in [-0.4, -0.2) is 27.7 Å². The molecule has 10 heteroatoms. The second-order valence-electron chi connectivity index (χ2n) is 6.49. The minimum absolute atomic E-state index is 0.114. The number of hydroxylamine groups is 2. The van der Waals surface area contributed by atoms with Crippen LogP contribution in [0, 0.1) is 16.7 Å². The molecule has 3 rings (SSSR count). The summed E-state index contributed by atoms with van der Waals surface area (Å²) in [5.41, 5.74) is 0.0132. The molecule has 1 aliphatic carbocycles. The molecule has 0 N–H and O–H groups in total. The van der Waals surface area contributed by atoms with Crippen molar-refractivity contribution in [3.05, 3.63) is 35.7 Å². The summed E-state index contributed by atoms with van der Waals surface area (Å²) in [6.07, 6.45) is -3.00. The number of hydrogen-bond acceptors (Lipinski definition) is 6. The predicted molar refractivity (Wildman–Crippen MR) is 88.8 cm³/mol. The molecule has 2 aromatic rings. The third-order valence-corrected chi connectivity index (χ3v) is 4.26. The van der Waals surface area contributed by atoms with Crippen molar-refractivity contribution < 1.29 is 27.3 Å². The van der Waals surface area contributed by atoms with E-state index < -0.39 is 17.5 Å². The zero-order valence-corrected chi connectivity index (χ0v) is 15.0. The zero-order valence-electron chi connectivity index (χ0n) is 15.0. The Morgan fingerprint density at radius 1 is 1.36 bits per heavy atom. The molecule has 0 aliphatic heterocycles. The van der Waals surface area contributed by atoms with E-state index in [1.807, 2.05) is 13.0 Å². The highest BCUT2D eigenvalue weighted by atomic mass is 19.4. The van der Waals surface area contributed by atoms with Crippen LogP contribution < -0.4 is 0 Å². The Morgan fingerprint density at radius 2 is 2.04 bits per heavy atom. The molecule has 0 spiro atoms. The number of rotatable bonds is 7. The van der Waals surface area contributed by atoms with Gasteiger partial charge in [0.25, 0.3) is 5.91 Å². The van der Waals surface area contributed by atoms with E-state index in [0.29, 0.717) is 37.0 Å². The second kappa shape index (κ2) is 7.59. The van der Waals surface area contributed by atoms with Crippen molar-refractivity contribution in [3.63, 3.8) is 0 Å². The molecule has 1 aromatic heterocycles.